The molecule has 0 spiro atoms. The predicted octanol–water partition coefficient (Wildman–Crippen LogP) is 3.38. The number of nitrogens with zero attached hydrogens (tertiary/aromatic N) is 2. The highest BCUT2D eigenvalue weighted by Gasteiger charge is 2.19. The molecule has 1 atom stereocenters. The normalized spacial score (nSPS) is 18.3. The molecule has 2 N–H and O–H groups in total. The minimum absolute atomic E-state index is 0.316. The summed E-state index contributed by atoms with van der Waals surface area (Å²) in [6, 6.07) is 8.96. The lowest BCUT2D eigenvalue weighted by molar-refractivity contribution is 0.634. The van der Waals surface area contributed by atoms with Gasteiger partial charge in [0.2, 0.25) is 5.13 Å². The summed E-state index contributed by atoms with van der Waals surface area (Å²) in [6.07, 6.45) is 2.07. The van der Waals surface area contributed by atoms with E-state index in [1.807, 2.05) is 0 Å². The van der Waals surface area contributed by atoms with Crippen LogP contribution in [0.15, 0.2) is 24.3 Å². The third kappa shape index (κ3) is 3.60. The van der Waals surface area contributed by atoms with Crippen LogP contribution < -0.4 is 10.6 Å². The highest BCUT2D eigenvalue weighted by Crippen LogP contribution is 2.29. The smallest absolute Gasteiger partial charge is 0.206 e. The van der Waals surface area contributed by atoms with E-state index in [9.17, 15) is 0 Å². The Balaban J connectivity index is 1.76. The second-order valence-electron chi connectivity index (χ2n) is 5.96. The van der Waals surface area contributed by atoms with Crippen molar-refractivity contribution in [1.82, 2.24) is 15.5 Å². The van der Waals surface area contributed by atoms with E-state index < -0.39 is 0 Å². The van der Waals surface area contributed by atoms with Crippen LogP contribution in [-0.2, 0) is 13.0 Å². The van der Waals surface area contributed by atoms with Crippen molar-refractivity contribution in [2.45, 2.75) is 39.3 Å². The standard InChI is InChI=1S/C16H22N4S/c1-11(2)9-15-19-20-16(21-15)18-14-7-8-17-10-12-5-3-4-6-13(12)14/h3-6,11,14,17H,7-10H2,1-2H3,(H,18,20). The Morgan fingerprint density at radius 1 is 1.33 bits per heavy atom. The molecular weight excluding hydrogens is 280 g/mol. The zero-order valence-electron chi connectivity index (χ0n) is 12.6. The molecule has 2 aromatic rings. The molecule has 21 heavy (non-hydrogen) atoms. The highest BCUT2D eigenvalue weighted by atomic mass is 32.1. The summed E-state index contributed by atoms with van der Waals surface area (Å²) in [5.41, 5.74) is 2.75. The number of hydrogen-bond acceptors (Lipinski definition) is 5. The van der Waals surface area contributed by atoms with E-state index in [2.05, 4.69) is 58.9 Å². The average Bonchev–Trinajstić information content (AvgIpc) is 2.78. The molecule has 0 bridgehead atoms. The quantitative estimate of drug-likeness (QED) is 0.909. The second kappa shape index (κ2) is 6.54. The van der Waals surface area contributed by atoms with E-state index in [0.29, 0.717) is 12.0 Å². The minimum atomic E-state index is 0.316. The fraction of sp³-hybridized carbons (Fsp3) is 0.500. The van der Waals surface area contributed by atoms with Gasteiger partial charge in [0.1, 0.15) is 5.01 Å². The highest BCUT2D eigenvalue weighted by molar-refractivity contribution is 7.15. The number of benzene rings is 1. The molecule has 1 aromatic carbocycles. The molecule has 0 saturated carbocycles. The average molecular weight is 302 g/mol. The molecule has 5 heteroatoms. The van der Waals surface area contributed by atoms with Crippen molar-refractivity contribution in [3.05, 3.63) is 40.4 Å². The first-order valence-electron chi connectivity index (χ1n) is 7.60. The van der Waals surface area contributed by atoms with Crippen LogP contribution in [0.3, 0.4) is 0 Å². The zero-order chi connectivity index (χ0) is 14.7. The number of hydrogen-bond donors (Lipinski definition) is 2. The van der Waals surface area contributed by atoms with Crippen molar-refractivity contribution in [3.8, 4) is 0 Å². The van der Waals surface area contributed by atoms with Gasteiger partial charge in [0.15, 0.2) is 0 Å². The van der Waals surface area contributed by atoms with Gasteiger partial charge in [-0.1, -0.05) is 49.4 Å². The van der Waals surface area contributed by atoms with Gasteiger partial charge in [0.25, 0.3) is 0 Å². The summed E-state index contributed by atoms with van der Waals surface area (Å²) in [4.78, 5) is 0. The molecule has 112 valence electrons. The van der Waals surface area contributed by atoms with Crippen molar-refractivity contribution in [3.63, 3.8) is 0 Å². The van der Waals surface area contributed by atoms with Crippen molar-refractivity contribution < 1.29 is 0 Å². The minimum Gasteiger partial charge on any atom is -0.353 e. The Bertz CT molecular complexity index is 593. The van der Waals surface area contributed by atoms with Crippen LogP contribution in [0.1, 0.15) is 42.4 Å². The van der Waals surface area contributed by atoms with Gasteiger partial charge in [-0.25, -0.2) is 0 Å². The van der Waals surface area contributed by atoms with E-state index in [1.165, 1.54) is 11.1 Å². The van der Waals surface area contributed by atoms with Gasteiger partial charge in [-0.05, 0) is 30.0 Å². The summed E-state index contributed by atoms with van der Waals surface area (Å²) in [7, 11) is 0. The van der Waals surface area contributed by atoms with Crippen molar-refractivity contribution in [1.29, 1.82) is 0 Å². The largest absolute Gasteiger partial charge is 0.353 e. The molecule has 4 nitrogen and oxygen atoms in total. The maximum Gasteiger partial charge on any atom is 0.206 e. The lowest BCUT2D eigenvalue weighted by Crippen LogP contribution is -2.15. The number of anilines is 1. The molecule has 1 aliphatic rings. The molecule has 0 saturated heterocycles. The second-order valence-corrected chi connectivity index (χ2v) is 7.02. The van der Waals surface area contributed by atoms with Crippen LogP contribution in [0.25, 0.3) is 0 Å². The zero-order valence-corrected chi connectivity index (χ0v) is 13.4. The van der Waals surface area contributed by atoms with Crippen LogP contribution in [0, 0.1) is 5.92 Å². The Morgan fingerprint density at radius 3 is 3.05 bits per heavy atom. The molecule has 0 amide bonds. The Hall–Kier alpha value is -1.46. The molecule has 0 fully saturated rings. The Kier molecular flexibility index (Phi) is 4.51. The van der Waals surface area contributed by atoms with Crippen LogP contribution in [0.5, 0.6) is 0 Å². The van der Waals surface area contributed by atoms with Gasteiger partial charge in [-0.2, -0.15) is 0 Å². The van der Waals surface area contributed by atoms with Crippen molar-refractivity contribution >= 4 is 16.5 Å². The molecule has 1 aliphatic heterocycles. The lowest BCUT2D eigenvalue weighted by atomic mass is 10.00. The predicted molar refractivity (Wildman–Crippen MR) is 87.6 cm³/mol. The van der Waals surface area contributed by atoms with Gasteiger partial charge >= 0.3 is 0 Å². The topological polar surface area (TPSA) is 49.8 Å². The molecular formula is C16H22N4S. The monoisotopic (exact) mass is 302 g/mol. The summed E-state index contributed by atoms with van der Waals surface area (Å²) < 4.78 is 0. The number of fused-ring (bicyclic) bond motifs is 1. The van der Waals surface area contributed by atoms with Crippen LogP contribution in [0.2, 0.25) is 0 Å². The van der Waals surface area contributed by atoms with E-state index >= 15 is 0 Å². The van der Waals surface area contributed by atoms with Crippen LogP contribution in [0.4, 0.5) is 5.13 Å². The maximum absolute atomic E-state index is 4.30. The summed E-state index contributed by atoms with van der Waals surface area (Å²) in [5.74, 6) is 0.619. The fourth-order valence-electron chi connectivity index (χ4n) is 2.70. The molecule has 0 radical (unpaired) electrons. The van der Waals surface area contributed by atoms with Gasteiger partial charge in [0.05, 0.1) is 6.04 Å². The Labute approximate surface area is 130 Å². The summed E-state index contributed by atoms with van der Waals surface area (Å²) in [5, 5.41) is 17.7. The van der Waals surface area contributed by atoms with Crippen LogP contribution in [-0.4, -0.2) is 16.7 Å². The number of aromatic nitrogens is 2. The molecule has 3 rings (SSSR count). The van der Waals surface area contributed by atoms with E-state index in [-0.39, 0.29) is 0 Å². The van der Waals surface area contributed by atoms with E-state index in [1.54, 1.807) is 11.3 Å². The van der Waals surface area contributed by atoms with Crippen molar-refractivity contribution in [2.75, 3.05) is 11.9 Å². The summed E-state index contributed by atoms with van der Waals surface area (Å²) in [6.45, 7) is 6.39. The van der Waals surface area contributed by atoms with E-state index in [4.69, 9.17) is 0 Å². The first-order chi connectivity index (χ1) is 10.2. The molecule has 1 aromatic heterocycles. The molecule has 2 heterocycles. The number of nitrogens with one attached hydrogen (secondary N) is 2. The molecule has 1 unspecified atom stereocenters. The SMILES string of the molecule is CC(C)Cc1nnc(NC2CCNCc3ccccc32)s1. The van der Waals surface area contributed by atoms with Gasteiger partial charge < -0.3 is 10.6 Å². The Morgan fingerprint density at radius 2 is 2.19 bits per heavy atom. The fourth-order valence-corrected chi connectivity index (χ4v) is 3.71. The van der Waals surface area contributed by atoms with Gasteiger partial charge in [0, 0.05) is 13.0 Å². The third-order valence-electron chi connectivity index (χ3n) is 3.70. The van der Waals surface area contributed by atoms with Crippen molar-refractivity contribution in [2.24, 2.45) is 5.92 Å². The van der Waals surface area contributed by atoms with E-state index in [0.717, 1.165) is 36.1 Å². The first kappa shape index (κ1) is 14.5. The summed E-state index contributed by atoms with van der Waals surface area (Å²) >= 11 is 1.68. The van der Waals surface area contributed by atoms with Gasteiger partial charge in [-0.3, -0.25) is 0 Å². The molecule has 0 aliphatic carbocycles. The lowest BCUT2D eigenvalue weighted by Gasteiger charge is -2.17. The van der Waals surface area contributed by atoms with Crippen LogP contribution >= 0.6 is 11.3 Å². The third-order valence-corrected chi connectivity index (χ3v) is 4.58. The number of rotatable bonds is 4. The van der Waals surface area contributed by atoms with Gasteiger partial charge in [-0.15, -0.1) is 10.2 Å². The maximum atomic E-state index is 4.30. The first-order valence-corrected chi connectivity index (χ1v) is 8.41.